The summed E-state index contributed by atoms with van der Waals surface area (Å²) < 4.78 is 0. The average Bonchev–Trinajstić information content (AvgIpc) is 3.29. The molecule has 4 rings (SSSR count). The van der Waals surface area contributed by atoms with Crippen molar-refractivity contribution in [3.63, 3.8) is 0 Å². The molecule has 0 amide bonds. The van der Waals surface area contributed by atoms with Crippen LogP contribution in [0.2, 0.25) is 0 Å². The second kappa shape index (κ2) is 7.42. The van der Waals surface area contributed by atoms with Gasteiger partial charge in [-0.05, 0) is 37.8 Å². The minimum atomic E-state index is -1.30. The van der Waals surface area contributed by atoms with Crippen LogP contribution >= 0.6 is 0 Å². The average molecular weight is 331 g/mol. The second-order valence-electron chi connectivity index (χ2n) is 6.28. The molecule has 0 radical (unpaired) electrons. The first-order valence-corrected chi connectivity index (χ1v) is 8.27. The zero-order valence-corrected chi connectivity index (χ0v) is 14.2. The van der Waals surface area contributed by atoms with Crippen LogP contribution in [0.15, 0.2) is 24.5 Å². The molecule has 1 saturated heterocycles. The molecule has 2 aromatic heterocycles. The number of anilines is 3. The number of nitrogens with zero attached hydrogens (tertiary/aromatic N) is 4. The molecule has 2 aliphatic rings. The van der Waals surface area contributed by atoms with Crippen molar-refractivity contribution in [1.29, 1.82) is 0 Å². The monoisotopic (exact) mass is 331 g/mol. The van der Waals surface area contributed by atoms with Crippen LogP contribution in [-0.4, -0.2) is 34.0 Å². The van der Waals surface area contributed by atoms with Gasteiger partial charge in [0, 0.05) is 30.9 Å². The van der Waals surface area contributed by atoms with Gasteiger partial charge in [-0.1, -0.05) is 0 Å². The van der Waals surface area contributed by atoms with Crippen molar-refractivity contribution in [1.82, 2.24) is 15.0 Å². The van der Waals surface area contributed by atoms with Crippen LogP contribution < -0.4 is 34.2 Å². The van der Waals surface area contributed by atoms with Gasteiger partial charge < -0.3 is 20.1 Å². The molecule has 124 valence electrons. The van der Waals surface area contributed by atoms with Crippen molar-refractivity contribution >= 4 is 23.4 Å². The molecule has 3 heterocycles. The van der Waals surface area contributed by atoms with Crippen LogP contribution in [0, 0.1) is 0 Å². The molecule has 25 heavy (non-hydrogen) atoms. The van der Waals surface area contributed by atoms with E-state index in [4.69, 9.17) is 0 Å². The van der Waals surface area contributed by atoms with Crippen LogP contribution in [0.25, 0.3) is 0 Å². The Balaban J connectivity index is 0.00000182. The number of carboxylic acid groups (broad SMARTS) is 1. The van der Waals surface area contributed by atoms with Crippen LogP contribution in [0.5, 0.6) is 0 Å². The van der Waals surface area contributed by atoms with E-state index in [1.807, 2.05) is 12.1 Å². The smallest absolute Gasteiger partial charge is 0.545 e. The number of nitrogens with one attached hydrogen (secondary N) is 1. The fourth-order valence-corrected chi connectivity index (χ4v) is 2.92. The summed E-state index contributed by atoms with van der Waals surface area (Å²) in [5.41, 5.74) is 1.73. The second-order valence-corrected chi connectivity index (χ2v) is 6.28. The zero-order valence-electron chi connectivity index (χ0n) is 14.2. The number of hydrogen-bond acceptors (Lipinski definition) is 7. The molecule has 0 atom stereocenters. The van der Waals surface area contributed by atoms with Crippen LogP contribution in [-0.2, 0) is 0 Å². The van der Waals surface area contributed by atoms with Gasteiger partial charge in [-0.15, -0.1) is 0 Å². The summed E-state index contributed by atoms with van der Waals surface area (Å²) in [4.78, 5) is 26.4. The maximum Gasteiger partial charge on any atom is 1.00 e. The standard InChI is InChI=1S/C17H19N5O2.Li/c23-16(24)13-10-19-17(22-7-1-2-8-22)21-15(13)20-12-5-6-14(18-9-12)11-3-4-11;/h5-6,9-11H,1-4,7-8H2,(H,23,24)(H,19,20,21);/q;+1/p-1. The molecule has 1 N–H and O–H groups in total. The molecular formula is C17H18LiN5O2. The van der Waals surface area contributed by atoms with E-state index in [1.54, 1.807) is 6.20 Å². The Morgan fingerprint density at radius 3 is 2.52 bits per heavy atom. The quantitative estimate of drug-likeness (QED) is 0.664. The van der Waals surface area contributed by atoms with E-state index >= 15 is 0 Å². The van der Waals surface area contributed by atoms with Crippen molar-refractivity contribution in [2.45, 2.75) is 31.6 Å². The third-order valence-electron chi connectivity index (χ3n) is 4.43. The van der Waals surface area contributed by atoms with Crippen molar-refractivity contribution < 1.29 is 28.8 Å². The molecule has 0 unspecified atom stereocenters. The van der Waals surface area contributed by atoms with E-state index in [1.165, 1.54) is 19.0 Å². The number of carboxylic acids is 1. The van der Waals surface area contributed by atoms with E-state index in [0.29, 0.717) is 17.6 Å². The molecule has 2 fully saturated rings. The first-order chi connectivity index (χ1) is 11.7. The van der Waals surface area contributed by atoms with Crippen LogP contribution in [0.4, 0.5) is 17.5 Å². The maximum absolute atomic E-state index is 11.3. The van der Waals surface area contributed by atoms with Crippen LogP contribution in [0.3, 0.4) is 0 Å². The number of aromatic nitrogens is 3. The summed E-state index contributed by atoms with van der Waals surface area (Å²) in [6.45, 7) is 1.78. The summed E-state index contributed by atoms with van der Waals surface area (Å²) >= 11 is 0. The van der Waals surface area contributed by atoms with Gasteiger partial charge in [0.15, 0.2) is 0 Å². The molecule has 1 aliphatic carbocycles. The molecule has 0 bridgehead atoms. The fourth-order valence-electron chi connectivity index (χ4n) is 2.92. The molecule has 7 nitrogen and oxygen atoms in total. The molecule has 0 aromatic carbocycles. The van der Waals surface area contributed by atoms with Crippen LogP contribution in [0.1, 0.15) is 47.7 Å². The van der Waals surface area contributed by atoms with Gasteiger partial charge in [-0.25, -0.2) is 4.98 Å². The molecule has 0 spiro atoms. The van der Waals surface area contributed by atoms with E-state index in [-0.39, 0.29) is 30.2 Å². The Morgan fingerprint density at radius 1 is 1.16 bits per heavy atom. The van der Waals surface area contributed by atoms with E-state index < -0.39 is 5.97 Å². The topological polar surface area (TPSA) is 94.1 Å². The largest absolute Gasteiger partial charge is 1.00 e. The zero-order chi connectivity index (χ0) is 16.5. The van der Waals surface area contributed by atoms with Crippen molar-refractivity contribution in [3.05, 3.63) is 35.8 Å². The fraction of sp³-hybridized carbons (Fsp3) is 0.412. The number of carbonyl (C=O) groups is 1. The van der Waals surface area contributed by atoms with Crippen molar-refractivity contribution in [2.75, 3.05) is 23.3 Å². The van der Waals surface area contributed by atoms with Gasteiger partial charge in [-0.3, -0.25) is 4.98 Å². The van der Waals surface area contributed by atoms with Gasteiger partial charge in [0.1, 0.15) is 5.82 Å². The number of rotatable bonds is 5. The molecule has 8 heteroatoms. The Bertz CT molecular complexity index is 758. The van der Waals surface area contributed by atoms with E-state index in [2.05, 4.69) is 25.2 Å². The third-order valence-corrected chi connectivity index (χ3v) is 4.43. The first-order valence-electron chi connectivity index (χ1n) is 8.27. The molecule has 2 aromatic rings. The van der Waals surface area contributed by atoms with E-state index in [9.17, 15) is 9.90 Å². The normalized spacial score (nSPS) is 16.4. The summed E-state index contributed by atoms with van der Waals surface area (Å²) in [6.07, 6.45) is 7.61. The maximum atomic E-state index is 11.3. The van der Waals surface area contributed by atoms with Gasteiger partial charge in [0.05, 0.1) is 23.4 Å². The molecule has 1 saturated carbocycles. The van der Waals surface area contributed by atoms with E-state index in [0.717, 1.165) is 31.6 Å². The summed E-state index contributed by atoms with van der Waals surface area (Å²) in [6, 6.07) is 3.87. The summed E-state index contributed by atoms with van der Waals surface area (Å²) in [5, 5.41) is 14.4. The molecular weight excluding hydrogens is 313 g/mol. The summed E-state index contributed by atoms with van der Waals surface area (Å²) in [5.74, 6) is 0.0714. The number of carbonyl (C=O) groups excluding carboxylic acids is 1. The summed E-state index contributed by atoms with van der Waals surface area (Å²) in [7, 11) is 0. The Labute approximate surface area is 158 Å². The number of aromatic carboxylic acids is 1. The molecule has 1 aliphatic heterocycles. The van der Waals surface area contributed by atoms with Gasteiger partial charge in [-0.2, -0.15) is 4.98 Å². The SMILES string of the molecule is O=C([O-])c1cnc(N2CCCC2)nc1Nc1ccc(C2CC2)nc1.[Li+]. The predicted octanol–water partition coefficient (Wildman–Crippen LogP) is -1.54. The predicted molar refractivity (Wildman–Crippen MR) is 87.3 cm³/mol. The first kappa shape index (κ1) is 17.7. The minimum absolute atomic E-state index is 0. The van der Waals surface area contributed by atoms with Crippen molar-refractivity contribution in [2.24, 2.45) is 0 Å². The Kier molecular flexibility index (Phi) is 5.26. The Morgan fingerprint density at radius 2 is 1.92 bits per heavy atom. The number of hydrogen-bond donors (Lipinski definition) is 1. The Hall–Kier alpha value is -2.10. The van der Waals surface area contributed by atoms with Gasteiger partial charge in [0.2, 0.25) is 5.95 Å². The van der Waals surface area contributed by atoms with Crippen molar-refractivity contribution in [3.8, 4) is 0 Å². The number of pyridine rings is 1. The third kappa shape index (κ3) is 3.94. The minimum Gasteiger partial charge on any atom is -0.545 e. The van der Waals surface area contributed by atoms with Gasteiger partial charge in [0.25, 0.3) is 0 Å². The van der Waals surface area contributed by atoms with Gasteiger partial charge >= 0.3 is 18.9 Å².